The van der Waals surface area contributed by atoms with Crippen LogP contribution < -0.4 is 9.62 Å². The molecule has 0 radical (unpaired) electrons. The summed E-state index contributed by atoms with van der Waals surface area (Å²) in [5.74, 6) is 0.795. The van der Waals surface area contributed by atoms with Gasteiger partial charge in [-0.15, -0.1) is 0 Å². The van der Waals surface area contributed by atoms with E-state index in [0.717, 1.165) is 24.5 Å². The fourth-order valence-corrected chi connectivity index (χ4v) is 4.18. The van der Waals surface area contributed by atoms with E-state index in [1.54, 1.807) is 24.4 Å². The largest absolute Gasteiger partial charge is 0.357 e. The molecular weight excluding hydrogens is 381 g/mol. The van der Waals surface area contributed by atoms with Gasteiger partial charge in [0.1, 0.15) is 5.82 Å². The number of rotatable bonds is 6. The molecule has 0 aliphatic carbocycles. The third-order valence-corrected chi connectivity index (χ3v) is 6.11. The number of anilines is 1. The van der Waals surface area contributed by atoms with Crippen molar-refractivity contribution in [3.05, 3.63) is 57.7 Å². The van der Waals surface area contributed by atoms with Crippen LogP contribution >= 0.6 is 23.2 Å². The Morgan fingerprint density at radius 2 is 1.76 bits per heavy atom. The first-order chi connectivity index (χ1) is 11.9. The molecule has 3 rings (SSSR count). The maximum atomic E-state index is 12.2. The Hall–Kier alpha value is -1.34. The van der Waals surface area contributed by atoms with Crippen molar-refractivity contribution in [2.24, 2.45) is 0 Å². The molecule has 1 aliphatic rings. The van der Waals surface area contributed by atoms with Crippen molar-refractivity contribution in [1.29, 1.82) is 0 Å². The molecule has 5 nitrogen and oxygen atoms in total. The first-order valence-corrected chi connectivity index (χ1v) is 10.4. The van der Waals surface area contributed by atoms with E-state index in [0.29, 0.717) is 15.6 Å². The number of nitrogens with zero attached hydrogens (tertiary/aromatic N) is 2. The van der Waals surface area contributed by atoms with E-state index in [2.05, 4.69) is 14.6 Å². The van der Waals surface area contributed by atoms with Crippen molar-refractivity contribution >= 4 is 39.0 Å². The molecule has 0 atom stereocenters. The van der Waals surface area contributed by atoms with Crippen LogP contribution in [-0.2, 0) is 22.3 Å². The quantitative estimate of drug-likeness (QED) is 0.805. The molecule has 2 heterocycles. The highest BCUT2D eigenvalue weighted by atomic mass is 35.5. The van der Waals surface area contributed by atoms with Crippen molar-refractivity contribution in [3.63, 3.8) is 0 Å². The third-order valence-electron chi connectivity index (χ3n) is 4.08. The summed E-state index contributed by atoms with van der Waals surface area (Å²) in [4.78, 5) is 6.66. The zero-order valence-electron chi connectivity index (χ0n) is 13.6. The summed E-state index contributed by atoms with van der Waals surface area (Å²) in [5, 5.41) is 0.746. The summed E-state index contributed by atoms with van der Waals surface area (Å²) in [7, 11) is -3.48. The minimum Gasteiger partial charge on any atom is -0.357 e. The number of aromatic nitrogens is 1. The van der Waals surface area contributed by atoms with Gasteiger partial charge in [-0.3, -0.25) is 0 Å². The number of halogens is 2. The highest BCUT2D eigenvalue weighted by Crippen LogP contribution is 2.23. The third kappa shape index (κ3) is 5.07. The lowest BCUT2D eigenvalue weighted by Gasteiger charge is -2.16. The molecule has 0 amide bonds. The Morgan fingerprint density at radius 1 is 1.04 bits per heavy atom. The van der Waals surface area contributed by atoms with Gasteiger partial charge >= 0.3 is 0 Å². The molecule has 0 saturated carbocycles. The van der Waals surface area contributed by atoms with Gasteiger partial charge in [-0.1, -0.05) is 35.3 Å². The summed E-state index contributed by atoms with van der Waals surface area (Å²) < 4.78 is 27.0. The number of nitrogens with one attached hydrogen (secondary N) is 1. The number of pyridine rings is 1. The van der Waals surface area contributed by atoms with Crippen molar-refractivity contribution in [1.82, 2.24) is 9.71 Å². The van der Waals surface area contributed by atoms with Crippen molar-refractivity contribution < 1.29 is 8.42 Å². The lowest BCUT2D eigenvalue weighted by molar-refractivity contribution is 0.580. The molecule has 1 fully saturated rings. The van der Waals surface area contributed by atoms with E-state index in [-0.39, 0.29) is 12.3 Å². The van der Waals surface area contributed by atoms with E-state index in [9.17, 15) is 8.42 Å². The van der Waals surface area contributed by atoms with E-state index < -0.39 is 10.0 Å². The minimum atomic E-state index is -3.48. The summed E-state index contributed by atoms with van der Waals surface area (Å²) in [5.41, 5.74) is 1.41. The fraction of sp³-hybridized carbons (Fsp3) is 0.353. The van der Waals surface area contributed by atoms with Crippen molar-refractivity contribution in [2.45, 2.75) is 25.1 Å². The van der Waals surface area contributed by atoms with E-state index in [1.165, 1.54) is 12.8 Å². The van der Waals surface area contributed by atoms with Crippen LogP contribution in [-0.4, -0.2) is 26.5 Å². The summed E-state index contributed by atoms with van der Waals surface area (Å²) in [6, 6.07) is 8.65. The second-order valence-corrected chi connectivity index (χ2v) is 8.67. The molecule has 0 spiro atoms. The zero-order chi connectivity index (χ0) is 17.9. The van der Waals surface area contributed by atoms with Crippen LogP contribution in [0.4, 0.5) is 5.82 Å². The van der Waals surface area contributed by atoms with Gasteiger partial charge in [0.05, 0.1) is 15.8 Å². The average Bonchev–Trinajstić information content (AvgIpc) is 3.11. The average molecular weight is 400 g/mol. The number of benzene rings is 1. The highest BCUT2D eigenvalue weighted by Gasteiger charge is 2.15. The van der Waals surface area contributed by atoms with Crippen molar-refractivity contribution in [2.75, 3.05) is 18.0 Å². The van der Waals surface area contributed by atoms with Crippen LogP contribution in [0.2, 0.25) is 10.0 Å². The highest BCUT2D eigenvalue weighted by molar-refractivity contribution is 7.88. The van der Waals surface area contributed by atoms with Gasteiger partial charge in [0, 0.05) is 25.8 Å². The molecule has 2 aromatic rings. The zero-order valence-corrected chi connectivity index (χ0v) is 15.9. The Bertz CT molecular complexity index is 835. The van der Waals surface area contributed by atoms with E-state index in [4.69, 9.17) is 23.2 Å². The molecular formula is C17H19Cl2N3O2S. The van der Waals surface area contributed by atoms with Crippen LogP contribution in [0, 0.1) is 0 Å². The molecule has 0 unspecified atom stereocenters. The maximum absolute atomic E-state index is 12.2. The monoisotopic (exact) mass is 399 g/mol. The van der Waals surface area contributed by atoms with Crippen molar-refractivity contribution in [3.8, 4) is 0 Å². The van der Waals surface area contributed by atoms with Crippen LogP contribution in [0.25, 0.3) is 0 Å². The van der Waals surface area contributed by atoms with E-state index in [1.807, 2.05) is 12.1 Å². The number of sulfonamides is 1. The first kappa shape index (κ1) is 18.5. The van der Waals surface area contributed by atoms with Gasteiger partial charge < -0.3 is 4.90 Å². The molecule has 0 bridgehead atoms. The summed E-state index contributed by atoms with van der Waals surface area (Å²) in [6.07, 6.45) is 4.10. The lowest BCUT2D eigenvalue weighted by atomic mass is 10.2. The fourth-order valence-electron chi connectivity index (χ4n) is 2.75. The minimum absolute atomic E-state index is 0.150. The standard InChI is InChI=1S/C17H19Cl2N3O2S/c18-15-5-3-13(9-16(15)19)12-25(23,24)21-11-14-4-6-17(20-10-14)22-7-1-2-8-22/h3-6,9-10,21H,1-2,7-8,11-12H2. The summed E-state index contributed by atoms with van der Waals surface area (Å²) in [6.45, 7) is 2.27. The second kappa shape index (κ2) is 7.91. The molecule has 1 aliphatic heterocycles. The van der Waals surface area contributed by atoms with Gasteiger partial charge in [-0.05, 0) is 42.2 Å². The first-order valence-electron chi connectivity index (χ1n) is 8.04. The lowest BCUT2D eigenvalue weighted by Crippen LogP contribution is -2.25. The molecule has 25 heavy (non-hydrogen) atoms. The van der Waals surface area contributed by atoms with Gasteiger partial charge in [0.2, 0.25) is 10.0 Å². The van der Waals surface area contributed by atoms with Gasteiger partial charge in [0.15, 0.2) is 0 Å². The van der Waals surface area contributed by atoms with Crippen LogP contribution in [0.3, 0.4) is 0 Å². The molecule has 1 aromatic carbocycles. The Morgan fingerprint density at radius 3 is 2.40 bits per heavy atom. The smallest absolute Gasteiger partial charge is 0.216 e. The molecule has 1 N–H and O–H groups in total. The molecule has 8 heteroatoms. The second-order valence-electron chi connectivity index (χ2n) is 6.05. The Balaban J connectivity index is 1.58. The predicted octanol–water partition coefficient (Wildman–Crippen LogP) is 3.61. The number of hydrogen-bond donors (Lipinski definition) is 1. The molecule has 134 valence electrons. The van der Waals surface area contributed by atoms with E-state index >= 15 is 0 Å². The van der Waals surface area contributed by atoms with Crippen LogP contribution in [0.1, 0.15) is 24.0 Å². The number of hydrogen-bond acceptors (Lipinski definition) is 4. The van der Waals surface area contributed by atoms with Gasteiger partial charge in [0.25, 0.3) is 0 Å². The SMILES string of the molecule is O=S(=O)(Cc1ccc(Cl)c(Cl)c1)NCc1ccc(N2CCCC2)nc1. The maximum Gasteiger partial charge on any atom is 0.216 e. The Kier molecular flexibility index (Phi) is 5.84. The normalized spacial score (nSPS) is 14.9. The predicted molar refractivity (Wildman–Crippen MR) is 102 cm³/mol. The summed E-state index contributed by atoms with van der Waals surface area (Å²) >= 11 is 11.8. The molecule has 1 aromatic heterocycles. The van der Waals surface area contributed by atoms with Crippen LogP contribution in [0.5, 0.6) is 0 Å². The Labute approximate surface area is 158 Å². The molecule has 1 saturated heterocycles. The van der Waals surface area contributed by atoms with Crippen LogP contribution in [0.15, 0.2) is 36.5 Å². The topological polar surface area (TPSA) is 62.3 Å². The van der Waals surface area contributed by atoms with Gasteiger partial charge in [-0.2, -0.15) is 0 Å². The van der Waals surface area contributed by atoms with Gasteiger partial charge in [-0.25, -0.2) is 18.1 Å².